The maximum absolute atomic E-state index is 8.90. The second-order valence-corrected chi connectivity index (χ2v) is 5.66. The zero-order valence-corrected chi connectivity index (χ0v) is 15.0. The van der Waals surface area contributed by atoms with E-state index in [1.165, 1.54) is 30.4 Å². The van der Waals surface area contributed by atoms with Gasteiger partial charge in [-0.15, -0.1) is 0 Å². The van der Waals surface area contributed by atoms with E-state index >= 15 is 0 Å². The minimum Gasteiger partial charge on any atom is -0.396 e. The monoisotopic (exact) mass is 326 g/mol. The number of hydrogen-bond acceptors (Lipinski definition) is 4. The van der Waals surface area contributed by atoms with Gasteiger partial charge in [0.25, 0.3) is 0 Å². The molecular weight excluding hydrogens is 296 g/mol. The zero-order valence-electron chi connectivity index (χ0n) is 14.1. The van der Waals surface area contributed by atoms with Crippen LogP contribution in [0, 0.1) is 5.92 Å². The fraction of sp³-hybridized carbons (Fsp3) is 0.667. The molecule has 1 N–H and O–H groups in total. The molecule has 1 heterocycles. The predicted molar refractivity (Wildman–Crippen MR) is 94.8 cm³/mol. The van der Waals surface area contributed by atoms with Crippen molar-refractivity contribution in [1.29, 1.82) is 0 Å². The van der Waals surface area contributed by atoms with Crippen LogP contribution in [0.1, 0.15) is 52.4 Å². The Hall–Kier alpha value is -0.710. The third-order valence-electron chi connectivity index (χ3n) is 4.22. The van der Waals surface area contributed by atoms with Crippen molar-refractivity contribution >= 4 is 12.6 Å². The van der Waals surface area contributed by atoms with Crippen LogP contribution >= 0.6 is 12.6 Å². The van der Waals surface area contributed by atoms with E-state index in [0.29, 0.717) is 6.61 Å². The predicted octanol–water partition coefficient (Wildman–Crippen LogP) is 4.60. The number of aliphatic hydroxyl groups excluding tert-OH is 1. The molecule has 0 spiro atoms. The third kappa shape index (κ3) is 5.49. The van der Waals surface area contributed by atoms with Gasteiger partial charge in [0.05, 0.1) is 0 Å². The van der Waals surface area contributed by atoms with Gasteiger partial charge in [0.2, 0.25) is 0 Å². The maximum Gasteiger partial charge on any atom is 0.145 e. The summed E-state index contributed by atoms with van der Waals surface area (Å²) in [5.74, 6) is 1.14. The number of thiol groups is 1. The molecule has 0 saturated heterocycles. The molecule has 0 aromatic carbocycles. The average molecular weight is 327 g/mol. The van der Waals surface area contributed by atoms with Crippen molar-refractivity contribution in [1.82, 2.24) is 0 Å². The van der Waals surface area contributed by atoms with Gasteiger partial charge in [-0.3, -0.25) is 0 Å². The summed E-state index contributed by atoms with van der Waals surface area (Å²) in [6.07, 6.45) is 12.5. The highest BCUT2D eigenvalue weighted by Gasteiger charge is 2.19. The molecule has 22 heavy (non-hydrogen) atoms. The summed E-state index contributed by atoms with van der Waals surface area (Å²) in [6, 6.07) is 0. The molecular formula is C18H30O3S. The summed E-state index contributed by atoms with van der Waals surface area (Å²) in [7, 11) is 0. The Labute approximate surface area is 140 Å². The van der Waals surface area contributed by atoms with E-state index in [1.807, 2.05) is 6.08 Å². The zero-order chi connectivity index (χ0) is 16.4. The van der Waals surface area contributed by atoms with Gasteiger partial charge in [0.15, 0.2) is 0 Å². The van der Waals surface area contributed by atoms with Crippen LogP contribution in [0.15, 0.2) is 34.6 Å². The first kappa shape index (κ1) is 19.3. The number of hydrogen-bond donors (Lipinski definition) is 2. The first-order valence-corrected chi connectivity index (χ1v) is 9.12. The summed E-state index contributed by atoms with van der Waals surface area (Å²) in [4.78, 5) is 10.8. The van der Waals surface area contributed by atoms with Crippen LogP contribution in [0.5, 0.6) is 0 Å². The summed E-state index contributed by atoms with van der Waals surface area (Å²) in [6.45, 7) is 5.07. The van der Waals surface area contributed by atoms with Crippen LogP contribution in [-0.4, -0.2) is 24.6 Å². The third-order valence-corrected chi connectivity index (χ3v) is 4.22. The molecule has 126 valence electrons. The van der Waals surface area contributed by atoms with Gasteiger partial charge in [0, 0.05) is 12.5 Å². The molecule has 1 aliphatic heterocycles. The standard InChI is InChI=1S/C17H26O3.CH4S/c1-3-16(14-7-4-8-14)15-9-10-17(20-19-12-15)13(2)6-5-11-18;1-2/h9-10,13,18H,3-8,11-12H2,1-2H3;2H,1H3. The second kappa shape index (κ2) is 10.9. The molecule has 1 unspecified atom stereocenters. The van der Waals surface area contributed by atoms with Crippen molar-refractivity contribution in [2.75, 3.05) is 19.5 Å². The van der Waals surface area contributed by atoms with Crippen molar-refractivity contribution in [2.24, 2.45) is 5.92 Å². The number of allylic oxidation sites excluding steroid dienone is 4. The van der Waals surface area contributed by atoms with Gasteiger partial charge < -0.3 is 9.99 Å². The van der Waals surface area contributed by atoms with Crippen molar-refractivity contribution in [3.8, 4) is 0 Å². The molecule has 2 rings (SSSR count). The van der Waals surface area contributed by atoms with E-state index in [-0.39, 0.29) is 12.5 Å². The normalized spacial score (nSPS) is 18.7. The lowest BCUT2D eigenvalue weighted by molar-refractivity contribution is -0.259. The van der Waals surface area contributed by atoms with Crippen molar-refractivity contribution in [3.05, 3.63) is 34.6 Å². The smallest absolute Gasteiger partial charge is 0.145 e. The van der Waals surface area contributed by atoms with E-state index in [1.54, 1.807) is 11.8 Å². The average Bonchev–Trinajstić information content (AvgIpc) is 2.76. The lowest BCUT2D eigenvalue weighted by Crippen LogP contribution is -2.08. The fourth-order valence-corrected chi connectivity index (χ4v) is 2.75. The van der Waals surface area contributed by atoms with Crippen LogP contribution in [0.3, 0.4) is 0 Å². The van der Waals surface area contributed by atoms with E-state index in [4.69, 9.17) is 14.9 Å². The molecule has 0 aromatic heterocycles. The molecule has 0 aromatic rings. The summed E-state index contributed by atoms with van der Waals surface area (Å²) in [5.41, 5.74) is 4.31. The van der Waals surface area contributed by atoms with Gasteiger partial charge in [-0.2, -0.15) is 17.5 Å². The molecule has 1 saturated carbocycles. The Kier molecular flexibility index (Phi) is 9.60. The molecule has 2 aliphatic rings. The van der Waals surface area contributed by atoms with Crippen LogP contribution < -0.4 is 0 Å². The summed E-state index contributed by atoms with van der Waals surface area (Å²) in [5, 5.41) is 8.90. The first-order valence-electron chi connectivity index (χ1n) is 8.23. The van der Waals surface area contributed by atoms with E-state index in [0.717, 1.165) is 25.0 Å². The van der Waals surface area contributed by atoms with Gasteiger partial charge in [-0.1, -0.05) is 25.5 Å². The molecule has 0 radical (unpaired) electrons. The van der Waals surface area contributed by atoms with Gasteiger partial charge in [-0.05, 0) is 62.0 Å². The quantitative estimate of drug-likeness (QED) is 0.553. The van der Waals surface area contributed by atoms with E-state index in [2.05, 4.69) is 32.6 Å². The van der Waals surface area contributed by atoms with Crippen LogP contribution in [0.2, 0.25) is 0 Å². The largest absolute Gasteiger partial charge is 0.396 e. The van der Waals surface area contributed by atoms with Gasteiger partial charge >= 0.3 is 0 Å². The van der Waals surface area contributed by atoms with E-state index < -0.39 is 0 Å². The minimum absolute atomic E-state index is 0.228. The Morgan fingerprint density at radius 3 is 2.59 bits per heavy atom. The molecule has 0 amide bonds. The molecule has 1 aliphatic carbocycles. The Bertz CT molecular complexity index is 418. The fourth-order valence-electron chi connectivity index (χ4n) is 2.75. The SMILES string of the molecule is CCC(C1=CC=C(C(C)CCCO)OOC1)=C1CCC1.CS. The Balaban J connectivity index is 0.00000116. The lowest BCUT2D eigenvalue weighted by atomic mass is 9.84. The Morgan fingerprint density at radius 2 is 2.05 bits per heavy atom. The summed E-state index contributed by atoms with van der Waals surface area (Å²) >= 11 is 3.53. The highest BCUT2D eigenvalue weighted by molar-refractivity contribution is 7.79. The van der Waals surface area contributed by atoms with Crippen molar-refractivity contribution in [2.45, 2.75) is 52.4 Å². The van der Waals surface area contributed by atoms with Gasteiger partial charge in [-0.25, -0.2) is 0 Å². The molecule has 1 fully saturated rings. The summed E-state index contributed by atoms with van der Waals surface area (Å²) < 4.78 is 0. The Morgan fingerprint density at radius 1 is 1.32 bits per heavy atom. The highest BCUT2D eigenvalue weighted by Crippen LogP contribution is 2.34. The highest BCUT2D eigenvalue weighted by atomic mass is 32.1. The second-order valence-electron chi connectivity index (χ2n) is 5.66. The molecule has 0 bridgehead atoms. The van der Waals surface area contributed by atoms with Crippen LogP contribution in [-0.2, 0) is 9.78 Å². The van der Waals surface area contributed by atoms with Crippen LogP contribution in [0.4, 0.5) is 0 Å². The van der Waals surface area contributed by atoms with Gasteiger partial charge in [0.1, 0.15) is 12.4 Å². The molecule has 3 nitrogen and oxygen atoms in total. The first-order chi connectivity index (χ1) is 10.8. The molecule has 4 heteroatoms. The maximum atomic E-state index is 8.90. The minimum atomic E-state index is 0.228. The van der Waals surface area contributed by atoms with Crippen molar-refractivity contribution in [3.63, 3.8) is 0 Å². The lowest BCUT2D eigenvalue weighted by Gasteiger charge is -2.22. The van der Waals surface area contributed by atoms with Crippen molar-refractivity contribution < 1.29 is 14.9 Å². The van der Waals surface area contributed by atoms with Crippen LogP contribution in [0.25, 0.3) is 0 Å². The number of rotatable bonds is 6. The number of aliphatic hydroxyl groups is 1. The molecule has 1 atom stereocenters. The van der Waals surface area contributed by atoms with E-state index in [9.17, 15) is 0 Å². The topological polar surface area (TPSA) is 38.7 Å².